The van der Waals surface area contributed by atoms with E-state index in [-0.39, 0.29) is 18.4 Å². The summed E-state index contributed by atoms with van der Waals surface area (Å²) in [5, 5.41) is 6.24. The molecular formula is C15H19F3N2O. The summed E-state index contributed by atoms with van der Waals surface area (Å²) < 4.78 is 37.3. The van der Waals surface area contributed by atoms with Crippen LogP contribution >= 0.6 is 0 Å². The summed E-state index contributed by atoms with van der Waals surface area (Å²) in [6.07, 6.45) is -2.48. The average molecular weight is 300 g/mol. The number of hydrogen-bond donors (Lipinski definition) is 2. The Morgan fingerprint density at radius 2 is 2.00 bits per heavy atom. The second kappa shape index (κ2) is 6.47. The minimum absolute atomic E-state index is 0.108. The lowest BCUT2D eigenvalue weighted by molar-refractivity contribution is -0.137. The Morgan fingerprint density at radius 1 is 1.33 bits per heavy atom. The van der Waals surface area contributed by atoms with Crippen LogP contribution in [-0.2, 0) is 17.4 Å². The van der Waals surface area contributed by atoms with Crippen LogP contribution in [0.5, 0.6) is 0 Å². The minimum atomic E-state index is -4.34. The lowest BCUT2D eigenvalue weighted by Gasteiger charge is -2.28. The van der Waals surface area contributed by atoms with E-state index in [1.165, 1.54) is 12.1 Å². The van der Waals surface area contributed by atoms with Crippen LogP contribution in [0.1, 0.15) is 30.9 Å². The Hall–Kier alpha value is -1.56. The van der Waals surface area contributed by atoms with Crippen molar-refractivity contribution in [1.29, 1.82) is 0 Å². The molecule has 0 saturated carbocycles. The second-order valence-corrected chi connectivity index (χ2v) is 5.52. The van der Waals surface area contributed by atoms with Crippen LogP contribution in [0.2, 0.25) is 0 Å². The van der Waals surface area contributed by atoms with Crippen molar-refractivity contribution in [3.8, 4) is 0 Å². The maximum atomic E-state index is 12.4. The molecule has 1 aromatic rings. The zero-order chi connectivity index (χ0) is 15.5. The predicted octanol–water partition coefficient (Wildman–Crippen LogP) is 2.50. The third kappa shape index (κ3) is 4.74. The lowest BCUT2D eigenvalue weighted by Crippen LogP contribution is -2.46. The maximum Gasteiger partial charge on any atom is 0.416 e. The molecule has 0 radical (unpaired) electrons. The molecule has 1 saturated heterocycles. The fraction of sp³-hybridized carbons (Fsp3) is 0.533. The summed E-state index contributed by atoms with van der Waals surface area (Å²) in [5.41, 5.74) is -0.110. The Balaban J connectivity index is 1.87. The van der Waals surface area contributed by atoms with Crippen molar-refractivity contribution in [3.05, 3.63) is 35.4 Å². The Kier molecular flexibility index (Phi) is 4.88. The lowest BCUT2D eigenvalue weighted by atomic mass is 10.00. The molecule has 2 atom stereocenters. The molecule has 21 heavy (non-hydrogen) atoms. The first kappa shape index (κ1) is 15.8. The number of carbonyl (C=O) groups excluding carboxylic acids is 1. The number of halogens is 3. The van der Waals surface area contributed by atoms with E-state index < -0.39 is 11.7 Å². The Labute approximate surface area is 121 Å². The summed E-state index contributed by atoms with van der Waals surface area (Å²) in [4.78, 5) is 11.9. The summed E-state index contributed by atoms with van der Waals surface area (Å²) >= 11 is 0. The molecule has 2 N–H and O–H groups in total. The normalized spacial score (nSPS) is 22.9. The molecule has 0 aromatic heterocycles. The topological polar surface area (TPSA) is 41.1 Å². The van der Waals surface area contributed by atoms with Crippen LogP contribution in [-0.4, -0.2) is 24.5 Å². The van der Waals surface area contributed by atoms with Gasteiger partial charge in [0.25, 0.3) is 0 Å². The molecule has 1 aliphatic heterocycles. The fourth-order valence-electron chi connectivity index (χ4n) is 2.54. The van der Waals surface area contributed by atoms with Gasteiger partial charge in [-0.3, -0.25) is 4.79 Å². The number of piperidine rings is 1. The number of nitrogens with one attached hydrogen (secondary N) is 2. The van der Waals surface area contributed by atoms with E-state index in [0.29, 0.717) is 11.6 Å². The van der Waals surface area contributed by atoms with Gasteiger partial charge in [0.05, 0.1) is 12.0 Å². The first-order chi connectivity index (χ1) is 9.84. The first-order valence-corrected chi connectivity index (χ1v) is 7.03. The third-order valence-corrected chi connectivity index (χ3v) is 3.63. The Morgan fingerprint density at radius 3 is 2.57 bits per heavy atom. The van der Waals surface area contributed by atoms with Crippen LogP contribution in [0.15, 0.2) is 24.3 Å². The van der Waals surface area contributed by atoms with Crippen molar-refractivity contribution in [2.45, 2.75) is 44.4 Å². The van der Waals surface area contributed by atoms with Crippen LogP contribution in [0.4, 0.5) is 13.2 Å². The van der Waals surface area contributed by atoms with Gasteiger partial charge in [0, 0.05) is 12.1 Å². The molecule has 1 amide bonds. The number of benzene rings is 1. The summed E-state index contributed by atoms with van der Waals surface area (Å²) in [5.74, 6) is -0.145. The molecule has 6 heteroatoms. The highest BCUT2D eigenvalue weighted by atomic mass is 19.4. The van der Waals surface area contributed by atoms with Crippen LogP contribution < -0.4 is 10.6 Å². The van der Waals surface area contributed by atoms with E-state index in [4.69, 9.17) is 0 Å². The van der Waals surface area contributed by atoms with Gasteiger partial charge in [0.1, 0.15) is 0 Å². The molecule has 1 heterocycles. The van der Waals surface area contributed by atoms with E-state index in [1.54, 1.807) is 0 Å². The molecule has 0 bridgehead atoms. The number of alkyl halides is 3. The molecule has 2 rings (SSSR count). The predicted molar refractivity (Wildman–Crippen MR) is 73.8 cm³/mol. The number of hydrogen-bond acceptors (Lipinski definition) is 2. The quantitative estimate of drug-likeness (QED) is 0.900. The van der Waals surface area contributed by atoms with E-state index in [9.17, 15) is 18.0 Å². The SMILES string of the molecule is CC1CC(NC(=O)Cc2ccc(C(F)(F)F)cc2)CCN1. The van der Waals surface area contributed by atoms with Crippen molar-refractivity contribution in [1.82, 2.24) is 10.6 Å². The van der Waals surface area contributed by atoms with Gasteiger partial charge in [0.2, 0.25) is 5.91 Å². The average Bonchev–Trinajstić information content (AvgIpc) is 2.38. The van der Waals surface area contributed by atoms with Crippen molar-refractivity contribution < 1.29 is 18.0 Å². The van der Waals surface area contributed by atoms with E-state index in [1.807, 2.05) is 0 Å². The highest BCUT2D eigenvalue weighted by Gasteiger charge is 2.30. The second-order valence-electron chi connectivity index (χ2n) is 5.52. The van der Waals surface area contributed by atoms with Gasteiger partial charge in [-0.05, 0) is 44.0 Å². The molecule has 3 nitrogen and oxygen atoms in total. The highest BCUT2D eigenvalue weighted by molar-refractivity contribution is 5.78. The highest BCUT2D eigenvalue weighted by Crippen LogP contribution is 2.29. The van der Waals surface area contributed by atoms with E-state index >= 15 is 0 Å². The third-order valence-electron chi connectivity index (χ3n) is 3.63. The van der Waals surface area contributed by atoms with Gasteiger partial charge in [-0.25, -0.2) is 0 Å². The van der Waals surface area contributed by atoms with E-state index in [0.717, 1.165) is 31.5 Å². The van der Waals surface area contributed by atoms with Crippen LogP contribution in [0.3, 0.4) is 0 Å². The largest absolute Gasteiger partial charge is 0.416 e. The molecule has 2 unspecified atom stereocenters. The molecule has 1 aliphatic rings. The van der Waals surface area contributed by atoms with E-state index in [2.05, 4.69) is 17.6 Å². The van der Waals surface area contributed by atoms with Crippen molar-refractivity contribution >= 4 is 5.91 Å². The number of amides is 1. The summed E-state index contributed by atoms with van der Waals surface area (Å²) in [6, 6.07) is 5.24. The maximum absolute atomic E-state index is 12.4. The van der Waals surface area contributed by atoms with Crippen molar-refractivity contribution in [2.24, 2.45) is 0 Å². The van der Waals surface area contributed by atoms with Gasteiger partial charge in [-0.15, -0.1) is 0 Å². The number of rotatable bonds is 3. The fourth-order valence-corrected chi connectivity index (χ4v) is 2.54. The van der Waals surface area contributed by atoms with Gasteiger partial charge in [-0.1, -0.05) is 12.1 Å². The molecule has 0 aliphatic carbocycles. The summed E-state index contributed by atoms with van der Waals surface area (Å²) in [6.45, 7) is 2.93. The molecule has 116 valence electrons. The molecule has 1 fully saturated rings. The van der Waals surface area contributed by atoms with Crippen LogP contribution in [0, 0.1) is 0 Å². The van der Waals surface area contributed by atoms with Crippen molar-refractivity contribution in [2.75, 3.05) is 6.54 Å². The van der Waals surface area contributed by atoms with Crippen molar-refractivity contribution in [3.63, 3.8) is 0 Å². The van der Waals surface area contributed by atoms with Gasteiger partial charge < -0.3 is 10.6 Å². The van der Waals surface area contributed by atoms with Crippen LogP contribution in [0.25, 0.3) is 0 Å². The van der Waals surface area contributed by atoms with Gasteiger partial charge >= 0.3 is 6.18 Å². The standard InChI is InChI=1S/C15H19F3N2O/c1-10-8-13(6-7-19-10)20-14(21)9-11-2-4-12(5-3-11)15(16,17)18/h2-5,10,13,19H,6-9H2,1H3,(H,20,21). The number of carbonyl (C=O) groups is 1. The van der Waals surface area contributed by atoms with Gasteiger partial charge in [-0.2, -0.15) is 13.2 Å². The zero-order valence-electron chi connectivity index (χ0n) is 11.8. The summed E-state index contributed by atoms with van der Waals surface area (Å²) in [7, 11) is 0. The van der Waals surface area contributed by atoms with Gasteiger partial charge in [0.15, 0.2) is 0 Å². The molecular weight excluding hydrogens is 281 g/mol. The first-order valence-electron chi connectivity index (χ1n) is 7.03. The Bertz CT molecular complexity index is 485. The molecule has 0 spiro atoms. The zero-order valence-corrected chi connectivity index (χ0v) is 11.8. The monoisotopic (exact) mass is 300 g/mol. The smallest absolute Gasteiger partial charge is 0.353 e. The molecule has 1 aromatic carbocycles. The minimum Gasteiger partial charge on any atom is -0.353 e.